The van der Waals surface area contributed by atoms with Crippen molar-refractivity contribution < 1.29 is 9.90 Å². The number of aromatic nitrogens is 2. The van der Waals surface area contributed by atoms with Crippen LogP contribution in [0, 0.1) is 0 Å². The van der Waals surface area contributed by atoms with Gasteiger partial charge in [-0.2, -0.15) is 5.10 Å². The fourth-order valence-corrected chi connectivity index (χ4v) is 2.13. The number of hydrogen-bond donors (Lipinski definition) is 3. The molecule has 0 spiro atoms. The van der Waals surface area contributed by atoms with Gasteiger partial charge in [-0.15, -0.1) is 0 Å². The topological polar surface area (TPSA) is 79.2 Å². The van der Waals surface area contributed by atoms with Crippen LogP contribution < -0.4 is 10.6 Å². The van der Waals surface area contributed by atoms with E-state index in [4.69, 9.17) is 0 Å². The summed E-state index contributed by atoms with van der Waals surface area (Å²) in [5, 5.41) is 20.0. The van der Waals surface area contributed by atoms with Crippen molar-refractivity contribution in [1.82, 2.24) is 20.4 Å². The molecular formula is C16H22N4O2. The van der Waals surface area contributed by atoms with E-state index in [0.29, 0.717) is 5.56 Å². The van der Waals surface area contributed by atoms with Gasteiger partial charge in [-0.25, -0.2) is 4.79 Å². The molecule has 6 heteroatoms. The zero-order valence-electron chi connectivity index (χ0n) is 13.1. The second kappa shape index (κ2) is 6.62. The molecule has 0 aliphatic rings. The van der Waals surface area contributed by atoms with Gasteiger partial charge >= 0.3 is 6.03 Å². The quantitative estimate of drug-likeness (QED) is 0.786. The van der Waals surface area contributed by atoms with Gasteiger partial charge in [0.15, 0.2) is 0 Å². The van der Waals surface area contributed by atoms with Crippen LogP contribution in [0.15, 0.2) is 42.7 Å². The van der Waals surface area contributed by atoms with E-state index in [9.17, 15) is 9.90 Å². The molecule has 2 rings (SSSR count). The first kappa shape index (κ1) is 16.0. The zero-order chi connectivity index (χ0) is 16.2. The number of aryl methyl sites for hydroxylation is 1. The number of amides is 2. The highest BCUT2D eigenvalue weighted by molar-refractivity contribution is 5.74. The summed E-state index contributed by atoms with van der Waals surface area (Å²) in [4.78, 5) is 12.0. The SMILES string of the molecule is CC(NC(=O)NCC(C)(O)c1cnn(C)c1)c1ccccc1. The minimum absolute atomic E-state index is 0.103. The van der Waals surface area contributed by atoms with Crippen LogP contribution in [-0.2, 0) is 12.6 Å². The predicted molar refractivity (Wildman–Crippen MR) is 84.2 cm³/mol. The second-order valence-corrected chi connectivity index (χ2v) is 5.64. The molecule has 2 aromatic rings. The van der Waals surface area contributed by atoms with Gasteiger partial charge < -0.3 is 15.7 Å². The summed E-state index contributed by atoms with van der Waals surface area (Å²) in [6.07, 6.45) is 3.32. The maximum atomic E-state index is 12.0. The Morgan fingerprint density at radius 3 is 2.68 bits per heavy atom. The molecule has 1 heterocycles. The van der Waals surface area contributed by atoms with E-state index in [1.807, 2.05) is 37.3 Å². The summed E-state index contributed by atoms with van der Waals surface area (Å²) in [5.41, 5.74) is 0.518. The number of nitrogens with zero attached hydrogens (tertiary/aromatic N) is 2. The van der Waals surface area contributed by atoms with E-state index >= 15 is 0 Å². The molecule has 3 N–H and O–H groups in total. The molecule has 2 atom stereocenters. The van der Waals surface area contributed by atoms with Crippen LogP contribution in [0.5, 0.6) is 0 Å². The number of benzene rings is 1. The van der Waals surface area contributed by atoms with Crippen molar-refractivity contribution in [3.05, 3.63) is 53.9 Å². The van der Waals surface area contributed by atoms with Gasteiger partial charge in [0.1, 0.15) is 5.60 Å². The maximum absolute atomic E-state index is 12.0. The predicted octanol–water partition coefficient (Wildman–Crippen LogP) is 1.69. The molecule has 0 bridgehead atoms. The summed E-state index contributed by atoms with van der Waals surface area (Å²) >= 11 is 0. The van der Waals surface area contributed by atoms with E-state index in [1.54, 1.807) is 31.0 Å². The summed E-state index contributed by atoms with van der Waals surface area (Å²) in [7, 11) is 1.78. The lowest BCUT2D eigenvalue weighted by Gasteiger charge is -2.23. The number of nitrogens with one attached hydrogen (secondary N) is 2. The normalized spacial score (nSPS) is 14.9. The van der Waals surface area contributed by atoms with Crippen LogP contribution in [0.3, 0.4) is 0 Å². The van der Waals surface area contributed by atoms with Gasteiger partial charge in [0.25, 0.3) is 0 Å². The van der Waals surface area contributed by atoms with Gasteiger partial charge in [0, 0.05) is 18.8 Å². The Kier molecular flexibility index (Phi) is 4.82. The number of urea groups is 1. The molecule has 0 saturated carbocycles. The van der Waals surface area contributed by atoms with Crippen molar-refractivity contribution in [2.75, 3.05) is 6.54 Å². The van der Waals surface area contributed by atoms with Crippen molar-refractivity contribution in [2.45, 2.75) is 25.5 Å². The summed E-state index contributed by atoms with van der Waals surface area (Å²) in [6.45, 7) is 3.66. The first-order chi connectivity index (χ1) is 10.4. The van der Waals surface area contributed by atoms with Gasteiger partial charge in [0.2, 0.25) is 0 Å². The molecule has 2 unspecified atom stereocenters. The Balaban J connectivity index is 1.87. The highest BCUT2D eigenvalue weighted by Crippen LogP contribution is 2.18. The Labute approximate surface area is 130 Å². The third-order valence-corrected chi connectivity index (χ3v) is 3.57. The van der Waals surface area contributed by atoms with Crippen molar-refractivity contribution in [3.8, 4) is 0 Å². The minimum Gasteiger partial charge on any atom is -0.383 e. The van der Waals surface area contributed by atoms with Gasteiger partial charge in [-0.1, -0.05) is 30.3 Å². The molecule has 0 fully saturated rings. The fourth-order valence-electron chi connectivity index (χ4n) is 2.13. The molecule has 0 saturated heterocycles. The van der Waals surface area contributed by atoms with Gasteiger partial charge in [-0.3, -0.25) is 4.68 Å². The summed E-state index contributed by atoms with van der Waals surface area (Å²) in [6, 6.07) is 9.27. The molecular weight excluding hydrogens is 280 g/mol. The van der Waals surface area contributed by atoms with Crippen molar-refractivity contribution in [3.63, 3.8) is 0 Å². The first-order valence-corrected chi connectivity index (χ1v) is 7.19. The fraction of sp³-hybridized carbons (Fsp3) is 0.375. The number of aliphatic hydroxyl groups is 1. The monoisotopic (exact) mass is 302 g/mol. The third-order valence-electron chi connectivity index (χ3n) is 3.57. The molecule has 22 heavy (non-hydrogen) atoms. The Morgan fingerprint density at radius 1 is 1.41 bits per heavy atom. The minimum atomic E-state index is -1.17. The van der Waals surface area contributed by atoms with Crippen LogP contribution in [0.25, 0.3) is 0 Å². The van der Waals surface area contributed by atoms with E-state index in [1.165, 1.54) is 0 Å². The number of carbonyl (C=O) groups is 1. The molecule has 1 aromatic heterocycles. The van der Waals surface area contributed by atoms with E-state index < -0.39 is 5.60 Å². The van der Waals surface area contributed by atoms with Crippen LogP contribution in [0.2, 0.25) is 0 Å². The number of carbonyl (C=O) groups excluding carboxylic acids is 1. The number of hydrogen-bond acceptors (Lipinski definition) is 3. The first-order valence-electron chi connectivity index (χ1n) is 7.19. The highest BCUT2D eigenvalue weighted by Gasteiger charge is 2.25. The van der Waals surface area contributed by atoms with E-state index in [-0.39, 0.29) is 18.6 Å². The summed E-state index contributed by atoms with van der Waals surface area (Å²) in [5.74, 6) is 0. The zero-order valence-corrected chi connectivity index (χ0v) is 13.1. The van der Waals surface area contributed by atoms with Crippen LogP contribution in [0.1, 0.15) is 31.0 Å². The standard InChI is InChI=1S/C16H22N4O2/c1-12(13-7-5-4-6-8-13)19-15(21)17-11-16(2,22)14-9-18-20(3)10-14/h4-10,12,22H,11H2,1-3H3,(H2,17,19,21). The van der Waals surface area contributed by atoms with E-state index in [2.05, 4.69) is 15.7 Å². The van der Waals surface area contributed by atoms with Crippen molar-refractivity contribution in [2.24, 2.45) is 7.05 Å². The third kappa shape index (κ3) is 4.08. The summed E-state index contributed by atoms with van der Waals surface area (Å²) < 4.78 is 1.61. The highest BCUT2D eigenvalue weighted by atomic mass is 16.3. The molecule has 2 amide bonds. The average molecular weight is 302 g/mol. The van der Waals surface area contributed by atoms with Crippen LogP contribution in [-0.4, -0.2) is 27.5 Å². The number of rotatable bonds is 5. The molecule has 0 aliphatic carbocycles. The van der Waals surface area contributed by atoms with Crippen molar-refractivity contribution in [1.29, 1.82) is 0 Å². The average Bonchev–Trinajstić information content (AvgIpc) is 2.94. The smallest absolute Gasteiger partial charge is 0.315 e. The maximum Gasteiger partial charge on any atom is 0.315 e. The molecule has 1 aromatic carbocycles. The Bertz CT molecular complexity index is 622. The largest absolute Gasteiger partial charge is 0.383 e. The van der Waals surface area contributed by atoms with Crippen molar-refractivity contribution >= 4 is 6.03 Å². The Morgan fingerprint density at radius 2 is 2.09 bits per heavy atom. The molecule has 0 aliphatic heterocycles. The molecule has 0 radical (unpaired) electrons. The van der Waals surface area contributed by atoms with Crippen LogP contribution in [0.4, 0.5) is 4.79 Å². The molecule has 118 valence electrons. The van der Waals surface area contributed by atoms with Gasteiger partial charge in [0.05, 0.1) is 18.8 Å². The second-order valence-electron chi connectivity index (χ2n) is 5.64. The van der Waals surface area contributed by atoms with E-state index in [0.717, 1.165) is 5.56 Å². The Hall–Kier alpha value is -2.34. The lowest BCUT2D eigenvalue weighted by atomic mass is 10.00. The van der Waals surface area contributed by atoms with Crippen LogP contribution >= 0.6 is 0 Å². The lowest BCUT2D eigenvalue weighted by Crippen LogP contribution is -2.44. The lowest BCUT2D eigenvalue weighted by molar-refractivity contribution is 0.0592. The van der Waals surface area contributed by atoms with Gasteiger partial charge in [-0.05, 0) is 19.4 Å². The molecule has 6 nitrogen and oxygen atoms in total.